The highest BCUT2D eigenvalue weighted by Crippen LogP contribution is 2.49. The fourth-order valence-electron chi connectivity index (χ4n) is 8.86. The summed E-state index contributed by atoms with van der Waals surface area (Å²) in [6.07, 6.45) is 3.12. The first-order chi connectivity index (χ1) is 24.0. The molecule has 1 aliphatic carbocycles. The van der Waals surface area contributed by atoms with Crippen LogP contribution in [0.1, 0.15) is 113 Å². The van der Waals surface area contributed by atoms with Crippen molar-refractivity contribution in [3.05, 3.63) is 118 Å². The maximum Gasteiger partial charge on any atom is 0.261 e. The van der Waals surface area contributed by atoms with Gasteiger partial charge in [-0.25, -0.2) is 0 Å². The number of imide groups is 2. The molecule has 8 heteroatoms. The molecule has 2 heterocycles. The second kappa shape index (κ2) is 12.2. The van der Waals surface area contributed by atoms with Crippen LogP contribution in [0.25, 0.3) is 0 Å². The minimum absolute atomic E-state index is 0.120. The summed E-state index contributed by atoms with van der Waals surface area (Å²) in [7, 11) is 1.47. The average molecular weight is 685 g/mol. The van der Waals surface area contributed by atoms with Gasteiger partial charge < -0.3 is 9.47 Å². The Morgan fingerprint density at radius 3 is 1.57 bits per heavy atom. The number of amides is 4. The molecule has 2 aliphatic heterocycles. The number of hydrogen-bond donors (Lipinski definition) is 0. The average Bonchev–Trinajstić information content (AvgIpc) is 3.42. The third-order valence-corrected chi connectivity index (χ3v) is 10.8. The summed E-state index contributed by atoms with van der Waals surface area (Å²) >= 11 is 0. The van der Waals surface area contributed by atoms with Gasteiger partial charge in [0.15, 0.2) is 0 Å². The molecule has 0 bridgehead atoms. The molecule has 0 saturated heterocycles. The van der Waals surface area contributed by atoms with Gasteiger partial charge >= 0.3 is 0 Å². The second-order valence-corrected chi connectivity index (χ2v) is 16.3. The van der Waals surface area contributed by atoms with Crippen LogP contribution in [0.15, 0.2) is 84.9 Å². The van der Waals surface area contributed by atoms with Crippen molar-refractivity contribution in [2.24, 2.45) is 16.7 Å². The molecule has 4 amide bonds. The fraction of sp³-hybridized carbons (Fsp3) is 0.349. The van der Waals surface area contributed by atoms with E-state index in [1.807, 2.05) is 48.5 Å². The van der Waals surface area contributed by atoms with Crippen LogP contribution in [0.3, 0.4) is 0 Å². The number of benzene rings is 4. The molecule has 2 atom stereocenters. The van der Waals surface area contributed by atoms with Gasteiger partial charge in [-0.1, -0.05) is 65.8 Å². The van der Waals surface area contributed by atoms with Gasteiger partial charge in [0.05, 0.1) is 22.3 Å². The first-order valence-electron chi connectivity index (χ1n) is 17.6. The molecule has 0 aromatic heterocycles. The molecule has 8 nitrogen and oxygen atoms in total. The summed E-state index contributed by atoms with van der Waals surface area (Å²) in [6.45, 7) is 13.7. The summed E-state index contributed by atoms with van der Waals surface area (Å²) in [6, 6.07) is 25.7. The van der Waals surface area contributed by atoms with E-state index in [0.717, 1.165) is 35.3 Å². The summed E-state index contributed by atoms with van der Waals surface area (Å²) in [5.74, 6) is 1.64. The fourth-order valence-corrected chi connectivity index (χ4v) is 8.86. The maximum absolute atomic E-state index is 13.6. The first kappa shape index (κ1) is 34.2. The maximum atomic E-state index is 13.6. The Kier molecular flexibility index (Phi) is 8.20. The lowest BCUT2D eigenvalue weighted by Gasteiger charge is -2.47. The van der Waals surface area contributed by atoms with Gasteiger partial charge in [-0.2, -0.15) is 0 Å². The predicted molar refractivity (Wildman–Crippen MR) is 195 cm³/mol. The highest BCUT2D eigenvalue weighted by molar-refractivity contribution is 6.22. The van der Waals surface area contributed by atoms with Gasteiger partial charge in [-0.15, -0.1) is 0 Å². The van der Waals surface area contributed by atoms with Gasteiger partial charge in [0.1, 0.15) is 23.0 Å². The number of hydrogen-bond acceptors (Lipinski definition) is 6. The quantitative estimate of drug-likeness (QED) is 0.172. The number of rotatable bonds is 8. The third kappa shape index (κ3) is 6.32. The van der Waals surface area contributed by atoms with E-state index in [1.165, 1.54) is 11.9 Å². The van der Waals surface area contributed by atoms with Crippen molar-refractivity contribution in [2.75, 3.05) is 13.6 Å². The van der Waals surface area contributed by atoms with E-state index in [0.29, 0.717) is 57.7 Å². The Balaban J connectivity index is 1.01. The third-order valence-electron chi connectivity index (χ3n) is 10.8. The van der Waals surface area contributed by atoms with Crippen LogP contribution in [-0.2, 0) is 5.41 Å². The van der Waals surface area contributed by atoms with Crippen molar-refractivity contribution in [1.82, 2.24) is 9.80 Å². The van der Waals surface area contributed by atoms with Crippen molar-refractivity contribution in [1.29, 1.82) is 0 Å². The zero-order chi connectivity index (χ0) is 36.5. The SMILES string of the molecule is CC1CC(C)(C)CC(C)(CN2C(=O)c3ccc(Oc4ccc(C(C)(C)c5ccc(Oc6ccc7c(c6)C(=O)N(C)C7=O)cc5)cc4)cc3C2=O)C1. The van der Waals surface area contributed by atoms with E-state index in [4.69, 9.17) is 9.47 Å². The largest absolute Gasteiger partial charge is 0.457 e. The normalized spacial score (nSPS) is 21.2. The van der Waals surface area contributed by atoms with Crippen LogP contribution in [0.5, 0.6) is 23.0 Å². The second-order valence-electron chi connectivity index (χ2n) is 16.3. The molecule has 262 valence electrons. The molecule has 0 N–H and O–H groups in total. The van der Waals surface area contributed by atoms with E-state index in [1.54, 1.807) is 36.4 Å². The molecule has 51 heavy (non-hydrogen) atoms. The predicted octanol–water partition coefficient (Wildman–Crippen LogP) is 9.27. The number of ether oxygens (including phenoxy) is 2. The first-order valence-corrected chi connectivity index (χ1v) is 17.6. The number of carbonyl (C=O) groups excluding carboxylic acids is 4. The summed E-state index contributed by atoms with van der Waals surface area (Å²) in [4.78, 5) is 54.1. The van der Waals surface area contributed by atoms with Crippen LogP contribution < -0.4 is 9.47 Å². The molecule has 4 aromatic carbocycles. The molecule has 4 aromatic rings. The lowest BCUT2D eigenvalue weighted by Crippen LogP contribution is -2.45. The Bertz CT molecular complexity index is 2080. The molecule has 1 saturated carbocycles. The zero-order valence-electron chi connectivity index (χ0n) is 30.3. The lowest BCUT2D eigenvalue weighted by atomic mass is 9.61. The van der Waals surface area contributed by atoms with Gasteiger partial charge in [-0.3, -0.25) is 29.0 Å². The molecular formula is C43H44N2O6. The van der Waals surface area contributed by atoms with Crippen LogP contribution in [0, 0.1) is 16.7 Å². The van der Waals surface area contributed by atoms with E-state index in [-0.39, 0.29) is 39.9 Å². The van der Waals surface area contributed by atoms with Crippen molar-refractivity contribution in [2.45, 2.75) is 66.2 Å². The van der Waals surface area contributed by atoms with Crippen LogP contribution in [0.4, 0.5) is 0 Å². The Morgan fingerprint density at radius 1 is 0.627 bits per heavy atom. The molecular weight excluding hydrogens is 640 g/mol. The standard InChI is InChI=1S/C43H44N2O6/c1-26-22-41(2,3)24-43(6,23-26)25-45-39(48)34-19-17-32(21-36(34)40(45)49)51-30-14-10-28(11-15-30)42(4,5)27-8-12-29(13-9-27)50-31-16-18-33-35(20-31)38(47)44(7)37(33)46/h8-21,26H,22-25H2,1-7H3. The highest BCUT2D eigenvalue weighted by Gasteiger charge is 2.45. The minimum Gasteiger partial charge on any atom is -0.457 e. The van der Waals surface area contributed by atoms with Crippen molar-refractivity contribution in [3.8, 4) is 23.0 Å². The zero-order valence-corrected chi connectivity index (χ0v) is 30.3. The molecule has 0 spiro atoms. The topological polar surface area (TPSA) is 93.2 Å². The molecule has 0 radical (unpaired) electrons. The smallest absolute Gasteiger partial charge is 0.261 e. The monoisotopic (exact) mass is 684 g/mol. The Labute approximate surface area is 299 Å². The van der Waals surface area contributed by atoms with Crippen LogP contribution in [0.2, 0.25) is 0 Å². The molecule has 3 aliphatic rings. The van der Waals surface area contributed by atoms with E-state index < -0.39 is 0 Å². The molecule has 2 unspecified atom stereocenters. The Morgan fingerprint density at radius 2 is 1.06 bits per heavy atom. The van der Waals surface area contributed by atoms with Crippen molar-refractivity contribution < 1.29 is 28.7 Å². The number of nitrogens with zero attached hydrogens (tertiary/aromatic N) is 2. The molecule has 7 rings (SSSR count). The van der Waals surface area contributed by atoms with E-state index in [2.05, 4.69) is 41.5 Å². The number of carbonyl (C=O) groups is 4. The van der Waals surface area contributed by atoms with Crippen molar-refractivity contribution in [3.63, 3.8) is 0 Å². The minimum atomic E-state index is -0.339. The van der Waals surface area contributed by atoms with Crippen LogP contribution >= 0.6 is 0 Å². The summed E-state index contributed by atoms with van der Waals surface area (Å²) in [5, 5.41) is 0. The van der Waals surface area contributed by atoms with Crippen molar-refractivity contribution >= 4 is 23.6 Å². The van der Waals surface area contributed by atoms with Crippen LogP contribution in [-0.4, -0.2) is 47.0 Å². The number of fused-ring (bicyclic) bond motifs is 2. The van der Waals surface area contributed by atoms with Gasteiger partial charge in [0.25, 0.3) is 23.6 Å². The lowest BCUT2D eigenvalue weighted by molar-refractivity contribution is 0.0260. The van der Waals surface area contributed by atoms with E-state index in [9.17, 15) is 19.2 Å². The van der Waals surface area contributed by atoms with Gasteiger partial charge in [-0.05, 0) is 108 Å². The highest BCUT2D eigenvalue weighted by atomic mass is 16.5. The van der Waals surface area contributed by atoms with E-state index >= 15 is 0 Å². The molecule has 1 fully saturated rings. The summed E-state index contributed by atoms with van der Waals surface area (Å²) < 4.78 is 12.2. The summed E-state index contributed by atoms with van der Waals surface area (Å²) in [5.41, 5.74) is 3.41. The Hall–Kier alpha value is -5.24. The van der Waals surface area contributed by atoms with Gasteiger partial charge in [0.2, 0.25) is 0 Å². The van der Waals surface area contributed by atoms with Gasteiger partial charge in [0, 0.05) is 19.0 Å².